The zero-order chi connectivity index (χ0) is 16.9. The highest BCUT2D eigenvalue weighted by atomic mass is 19.1. The molecule has 6 heteroatoms. The lowest BCUT2D eigenvalue weighted by Gasteiger charge is -2.25. The number of carbonyl (C=O) groups excluding carboxylic acids is 1. The highest BCUT2D eigenvalue weighted by Crippen LogP contribution is 2.31. The van der Waals surface area contributed by atoms with E-state index in [1.54, 1.807) is 17.3 Å². The van der Waals surface area contributed by atoms with E-state index in [9.17, 15) is 13.6 Å². The van der Waals surface area contributed by atoms with Crippen molar-refractivity contribution in [3.8, 4) is 0 Å². The summed E-state index contributed by atoms with van der Waals surface area (Å²) in [7, 11) is 0. The van der Waals surface area contributed by atoms with E-state index >= 15 is 0 Å². The van der Waals surface area contributed by atoms with Crippen molar-refractivity contribution in [2.75, 3.05) is 13.1 Å². The lowest BCUT2D eigenvalue weighted by molar-refractivity contribution is 0.193. The maximum Gasteiger partial charge on any atom is 0.317 e. The van der Waals surface area contributed by atoms with E-state index in [0.29, 0.717) is 6.54 Å². The Morgan fingerprint density at radius 1 is 1.21 bits per heavy atom. The molecule has 0 saturated carbocycles. The topological polar surface area (TPSA) is 45.2 Å². The van der Waals surface area contributed by atoms with Crippen LogP contribution < -0.4 is 5.32 Å². The minimum Gasteiger partial charge on any atom is -0.338 e. The summed E-state index contributed by atoms with van der Waals surface area (Å²) in [6, 6.07) is 7.41. The molecular formula is C18H19F2N3O. The van der Waals surface area contributed by atoms with Crippen molar-refractivity contribution in [2.45, 2.75) is 25.3 Å². The number of nitrogens with zero attached hydrogens (tertiary/aromatic N) is 2. The molecule has 1 saturated heterocycles. The van der Waals surface area contributed by atoms with Crippen molar-refractivity contribution >= 4 is 6.03 Å². The molecule has 2 amide bonds. The first-order valence-corrected chi connectivity index (χ1v) is 8.04. The first-order chi connectivity index (χ1) is 11.7. The summed E-state index contributed by atoms with van der Waals surface area (Å²) < 4.78 is 27.2. The number of hydrogen-bond donors (Lipinski definition) is 1. The van der Waals surface area contributed by atoms with Gasteiger partial charge >= 0.3 is 6.03 Å². The van der Waals surface area contributed by atoms with Crippen LogP contribution in [0.4, 0.5) is 13.6 Å². The Morgan fingerprint density at radius 3 is 2.62 bits per heavy atom. The summed E-state index contributed by atoms with van der Waals surface area (Å²) in [4.78, 5) is 18.2. The van der Waals surface area contributed by atoms with Crippen molar-refractivity contribution in [1.29, 1.82) is 0 Å². The van der Waals surface area contributed by atoms with Gasteiger partial charge in [-0.15, -0.1) is 0 Å². The molecule has 1 aromatic heterocycles. The standard InChI is InChI=1S/C18H19F2N3O/c19-15-3-1-4-16(20)14(15)8-11-22-18(24)23-12-2-5-17(23)13-6-9-21-10-7-13/h1,3-4,6-7,9-10,17H,2,5,8,11-12H2,(H,22,24). The number of urea groups is 1. The first-order valence-electron chi connectivity index (χ1n) is 8.04. The van der Waals surface area contributed by atoms with Gasteiger partial charge in [-0.3, -0.25) is 4.98 Å². The van der Waals surface area contributed by atoms with Crippen molar-refractivity contribution < 1.29 is 13.6 Å². The van der Waals surface area contributed by atoms with E-state index in [2.05, 4.69) is 10.3 Å². The molecule has 1 N–H and O–H groups in total. The average Bonchev–Trinajstić information content (AvgIpc) is 3.08. The summed E-state index contributed by atoms with van der Waals surface area (Å²) in [6.45, 7) is 0.864. The van der Waals surface area contributed by atoms with Gasteiger partial charge in [0.05, 0.1) is 6.04 Å². The molecule has 2 aromatic rings. The maximum atomic E-state index is 13.6. The molecule has 1 atom stereocenters. The lowest BCUT2D eigenvalue weighted by atomic mass is 10.1. The Morgan fingerprint density at radius 2 is 1.92 bits per heavy atom. The van der Waals surface area contributed by atoms with E-state index in [0.717, 1.165) is 18.4 Å². The largest absolute Gasteiger partial charge is 0.338 e. The summed E-state index contributed by atoms with van der Waals surface area (Å²) >= 11 is 0. The van der Waals surface area contributed by atoms with E-state index in [-0.39, 0.29) is 30.6 Å². The molecule has 1 aliphatic heterocycles. The number of halogens is 2. The average molecular weight is 331 g/mol. The third-order valence-electron chi connectivity index (χ3n) is 4.32. The smallest absolute Gasteiger partial charge is 0.317 e. The first kappa shape index (κ1) is 16.4. The second-order valence-electron chi connectivity index (χ2n) is 5.81. The number of rotatable bonds is 4. The molecule has 0 aliphatic carbocycles. The van der Waals surface area contributed by atoms with Gasteiger partial charge in [0, 0.05) is 31.0 Å². The highest BCUT2D eigenvalue weighted by Gasteiger charge is 2.29. The minimum absolute atomic E-state index is 0.00454. The molecule has 1 unspecified atom stereocenters. The molecule has 0 spiro atoms. The second-order valence-corrected chi connectivity index (χ2v) is 5.81. The number of aromatic nitrogens is 1. The molecule has 3 rings (SSSR count). The number of carbonyl (C=O) groups is 1. The van der Waals surface area contributed by atoms with Crippen LogP contribution in [0.3, 0.4) is 0 Å². The fourth-order valence-electron chi connectivity index (χ4n) is 3.11. The van der Waals surface area contributed by atoms with Crippen LogP contribution in [0.2, 0.25) is 0 Å². The number of nitrogens with one attached hydrogen (secondary N) is 1. The van der Waals surface area contributed by atoms with E-state index < -0.39 is 11.6 Å². The Hall–Kier alpha value is -2.50. The fraction of sp³-hybridized carbons (Fsp3) is 0.333. The van der Waals surface area contributed by atoms with Crippen LogP contribution in [-0.4, -0.2) is 29.0 Å². The predicted octanol–water partition coefficient (Wildman–Crippen LogP) is 3.45. The maximum absolute atomic E-state index is 13.6. The predicted molar refractivity (Wildman–Crippen MR) is 86.4 cm³/mol. The second kappa shape index (κ2) is 7.38. The Kier molecular flexibility index (Phi) is 5.03. The Labute approximate surface area is 139 Å². The summed E-state index contributed by atoms with van der Waals surface area (Å²) in [5.41, 5.74) is 1.06. The Balaban J connectivity index is 1.59. The van der Waals surface area contributed by atoms with Crippen LogP contribution in [0.5, 0.6) is 0 Å². The molecule has 1 fully saturated rings. The van der Waals surface area contributed by atoms with Crippen molar-refractivity contribution in [3.05, 3.63) is 65.5 Å². The van der Waals surface area contributed by atoms with Gasteiger partial charge < -0.3 is 10.2 Å². The van der Waals surface area contributed by atoms with Gasteiger partial charge in [0.15, 0.2) is 0 Å². The van der Waals surface area contributed by atoms with Crippen molar-refractivity contribution in [2.24, 2.45) is 0 Å². The normalized spacial score (nSPS) is 17.1. The Bertz CT molecular complexity index is 688. The highest BCUT2D eigenvalue weighted by molar-refractivity contribution is 5.75. The van der Waals surface area contributed by atoms with Gasteiger partial charge in [-0.25, -0.2) is 13.6 Å². The quantitative estimate of drug-likeness (QED) is 0.933. The van der Waals surface area contributed by atoms with Crippen LogP contribution >= 0.6 is 0 Å². The summed E-state index contributed by atoms with van der Waals surface area (Å²) in [5, 5.41) is 2.77. The molecule has 0 radical (unpaired) electrons. The van der Waals surface area contributed by atoms with Gasteiger partial charge in [0.25, 0.3) is 0 Å². The molecule has 1 aliphatic rings. The third kappa shape index (κ3) is 3.53. The summed E-state index contributed by atoms with van der Waals surface area (Å²) in [5.74, 6) is -1.17. The minimum atomic E-state index is -0.583. The number of pyridine rings is 1. The lowest BCUT2D eigenvalue weighted by Crippen LogP contribution is -2.40. The van der Waals surface area contributed by atoms with Crippen LogP contribution in [0.25, 0.3) is 0 Å². The fourth-order valence-corrected chi connectivity index (χ4v) is 3.11. The zero-order valence-electron chi connectivity index (χ0n) is 13.2. The van der Waals surface area contributed by atoms with Crippen LogP contribution in [0, 0.1) is 11.6 Å². The number of amides is 2. The van der Waals surface area contributed by atoms with Crippen molar-refractivity contribution in [1.82, 2.24) is 15.2 Å². The van der Waals surface area contributed by atoms with Crippen molar-refractivity contribution in [3.63, 3.8) is 0 Å². The molecule has 0 bridgehead atoms. The number of hydrogen-bond acceptors (Lipinski definition) is 2. The molecule has 24 heavy (non-hydrogen) atoms. The molecule has 126 valence electrons. The zero-order valence-corrected chi connectivity index (χ0v) is 13.2. The molecule has 4 nitrogen and oxygen atoms in total. The van der Waals surface area contributed by atoms with Gasteiger partial charge in [-0.1, -0.05) is 6.07 Å². The molecular weight excluding hydrogens is 312 g/mol. The van der Waals surface area contributed by atoms with Gasteiger partial charge in [-0.2, -0.15) is 0 Å². The van der Waals surface area contributed by atoms with Crippen LogP contribution in [0.15, 0.2) is 42.7 Å². The van der Waals surface area contributed by atoms with Gasteiger partial charge in [-0.05, 0) is 49.1 Å². The van der Waals surface area contributed by atoms with Gasteiger partial charge in [0.1, 0.15) is 11.6 Å². The van der Waals surface area contributed by atoms with E-state index in [4.69, 9.17) is 0 Å². The van der Waals surface area contributed by atoms with Crippen LogP contribution in [0.1, 0.15) is 30.0 Å². The SMILES string of the molecule is O=C(NCCc1c(F)cccc1F)N1CCCC1c1ccncc1. The number of likely N-dealkylation sites (tertiary alicyclic amines) is 1. The number of benzene rings is 1. The molecule has 1 aromatic carbocycles. The third-order valence-corrected chi connectivity index (χ3v) is 4.32. The van der Waals surface area contributed by atoms with Crippen LogP contribution in [-0.2, 0) is 6.42 Å². The van der Waals surface area contributed by atoms with E-state index in [1.807, 2.05) is 12.1 Å². The molecule has 2 heterocycles. The summed E-state index contributed by atoms with van der Waals surface area (Å²) in [6.07, 6.45) is 5.38. The van der Waals surface area contributed by atoms with Gasteiger partial charge in [0.2, 0.25) is 0 Å². The monoisotopic (exact) mass is 331 g/mol. The van der Waals surface area contributed by atoms with E-state index in [1.165, 1.54) is 18.2 Å².